The third kappa shape index (κ3) is 6.48. The highest BCUT2D eigenvalue weighted by atomic mass is 16.5. The molecule has 0 saturated carbocycles. The summed E-state index contributed by atoms with van der Waals surface area (Å²) in [5.41, 5.74) is 3.88. The fourth-order valence-corrected chi connectivity index (χ4v) is 5.33. The minimum absolute atomic E-state index is 0.119. The first-order valence-corrected chi connectivity index (χ1v) is 13.9. The summed E-state index contributed by atoms with van der Waals surface area (Å²) < 4.78 is 17.1. The molecule has 0 radical (unpaired) electrons. The van der Waals surface area contributed by atoms with E-state index in [1.54, 1.807) is 39.8 Å². The van der Waals surface area contributed by atoms with Gasteiger partial charge in [0.05, 0.1) is 33.1 Å². The van der Waals surface area contributed by atoms with E-state index in [4.69, 9.17) is 14.2 Å². The standard InChI is InChI=1S/C32H38N4O6/c1-18(2)29(32(39)34-17-20-8-7-13-33-16-20)36-25-12-10-22-23(15-26(25)38)24(35-19(3)37)11-9-21-14-27(40-4)30(41-5)31(42-6)28(21)22/h7-8,10,12-16,18,24,29H,9,11,17H2,1-6H3,(H,34,39)(H,35,37)(H,36,38). The number of carbonyl (C=O) groups is 2. The fraction of sp³-hybridized carbons (Fsp3) is 0.375. The minimum atomic E-state index is -0.672. The number of methoxy groups -OCH3 is 3. The smallest absolute Gasteiger partial charge is 0.243 e. The lowest BCUT2D eigenvalue weighted by atomic mass is 9.95. The van der Waals surface area contributed by atoms with Crippen LogP contribution in [0.2, 0.25) is 0 Å². The normalized spacial score (nSPS) is 14.5. The first kappa shape index (κ1) is 30.4. The first-order valence-electron chi connectivity index (χ1n) is 13.9. The second-order valence-electron chi connectivity index (χ2n) is 10.5. The van der Waals surface area contributed by atoms with Crippen molar-refractivity contribution in [1.29, 1.82) is 0 Å². The van der Waals surface area contributed by atoms with E-state index in [1.165, 1.54) is 13.0 Å². The number of anilines is 1. The molecule has 0 spiro atoms. The summed E-state index contributed by atoms with van der Waals surface area (Å²) in [6.45, 7) is 5.60. The van der Waals surface area contributed by atoms with Crippen molar-refractivity contribution >= 4 is 17.5 Å². The van der Waals surface area contributed by atoms with Crippen LogP contribution in [0.4, 0.5) is 5.69 Å². The molecule has 0 saturated heterocycles. The van der Waals surface area contributed by atoms with Crippen LogP contribution in [0.3, 0.4) is 0 Å². The summed E-state index contributed by atoms with van der Waals surface area (Å²) in [5, 5.41) is 9.13. The number of fused-ring (bicyclic) bond motifs is 3. The van der Waals surface area contributed by atoms with Crippen molar-refractivity contribution in [2.24, 2.45) is 5.92 Å². The quantitative estimate of drug-likeness (QED) is 0.332. The van der Waals surface area contributed by atoms with E-state index in [-0.39, 0.29) is 28.8 Å². The molecule has 3 aromatic rings. The molecule has 1 heterocycles. The van der Waals surface area contributed by atoms with Gasteiger partial charge >= 0.3 is 0 Å². The number of nitrogens with one attached hydrogen (secondary N) is 3. The van der Waals surface area contributed by atoms with Crippen molar-refractivity contribution in [3.05, 3.63) is 75.7 Å². The summed E-state index contributed by atoms with van der Waals surface area (Å²) in [5.74, 6) is 0.866. The van der Waals surface area contributed by atoms with Gasteiger partial charge in [-0.2, -0.15) is 0 Å². The van der Waals surface area contributed by atoms with E-state index in [2.05, 4.69) is 20.9 Å². The van der Waals surface area contributed by atoms with E-state index in [0.29, 0.717) is 47.8 Å². The molecule has 2 unspecified atom stereocenters. The Morgan fingerprint density at radius 2 is 1.81 bits per heavy atom. The Balaban J connectivity index is 1.81. The van der Waals surface area contributed by atoms with Crippen LogP contribution in [0.25, 0.3) is 11.1 Å². The van der Waals surface area contributed by atoms with Crippen LogP contribution >= 0.6 is 0 Å². The lowest BCUT2D eigenvalue weighted by Gasteiger charge is -2.22. The van der Waals surface area contributed by atoms with Crippen molar-refractivity contribution in [3.8, 4) is 28.4 Å². The van der Waals surface area contributed by atoms with Gasteiger partial charge in [-0.15, -0.1) is 0 Å². The van der Waals surface area contributed by atoms with Gasteiger partial charge in [-0.05, 0) is 65.3 Å². The Kier molecular flexibility index (Phi) is 9.67. The van der Waals surface area contributed by atoms with Gasteiger partial charge < -0.3 is 30.2 Å². The molecule has 10 heteroatoms. The SMILES string of the molecule is COc1cc2c(c(OC)c1OC)-c1ccc(NC(C(=O)NCc3cccnc3)C(C)C)c(=O)cc1C(NC(C)=O)CC2. The number of amides is 2. The maximum absolute atomic E-state index is 13.7. The molecule has 10 nitrogen and oxygen atoms in total. The van der Waals surface area contributed by atoms with E-state index >= 15 is 0 Å². The summed E-state index contributed by atoms with van der Waals surface area (Å²) in [6, 6.07) is 9.55. The summed E-state index contributed by atoms with van der Waals surface area (Å²) in [6.07, 6.45) is 4.52. The van der Waals surface area contributed by atoms with Gasteiger partial charge in [0, 0.05) is 31.4 Å². The molecule has 1 aromatic heterocycles. The Morgan fingerprint density at radius 3 is 2.43 bits per heavy atom. The number of hydrogen-bond acceptors (Lipinski definition) is 8. The van der Waals surface area contributed by atoms with Gasteiger partial charge in [-0.25, -0.2) is 0 Å². The molecule has 2 amide bonds. The summed E-state index contributed by atoms with van der Waals surface area (Å²) in [4.78, 5) is 43.2. The number of aromatic nitrogens is 1. The van der Waals surface area contributed by atoms with Crippen molar-refractivity contribution in [3.63, 3.8) is 0 Å². The third-order valence-corrected chi connectivity index (χ3v) is 7.37. The zero-order valence-corrected chi connectivity index (χ0v) is 24.9. The van der Waals surface area contributed by atoms with Crippen LogP contribution in [0.1, 0.15) is 49.9 Å². The highest BCUT2D eigenvalue weighted by Crippen LogP contribution is 2.50. The third-order valence-electron chi connectivity index (χ3n) is 7.37. The van der Waals surface area contributed by atoms with Gasteiger partial charge in [0.25, 0.3) is 0 Å². The predicted molar refractivity (Wildman–Crippen MR) is 161 cm³/mol. The minimum Gasteiger partial charge on any atom is -0.493 e. The van der Waals surface area contributed by atoms with Crippen molar-refractivity contribution in [2.45, 2.75) is 52.2 Å². The topological polar surface area (TPSA) is 128 Å². The molecule has 0 fully saturated rings. The van der Waals surface area contributed by atoms with Crippen LogP contribution in [0, 0.1) is 5.92 Å². The second kappa shape index (κ2) is 13.4. The average molecular weight is 575 g/mol. The molecule has 42 heavy (non-hydrogen) atoms. The molecule has 0 aliphatic heterocycles. The highest BCUT2D eigenvalue weighted by molar-refractivity contribution is 5.86. The van der Waals surface area contributed by atoms with Gasteiger partial charge in [0.15, 0.2) is 11.5 Å². The largest absolute Gasteiger partial charge is 0.493 e. The molecule has 2 aromatic carbocycles. The molecule has 2 atom stereocenters. The van der Waals surface area contributed by atoms with Gasteiger partial charge in [0.2, 0.25) is 23.0 Å². The Labute approximate surface area is 245 Å². The summed E-state index contributed by atoms with van der Waals surface area (Å²) in [7, 11) is 4.66. The number of benzene rings is 1. The number of nitrogens with zero attached hydrogens (tertiary/aromatic N) is 1. The first-order chi connectivity index (χ1) is 20.2. The number of rotatable bonds is 10. The molecule has 1 aliphatic carbocycles. The molecule has 4 rings (SSSR count). The van der Waals surface area contributed by atoms with E-state index in [0.717, 1.165) is 16.7 Å². The van der Waals surface area contributed by atoms with Crippen LogP contribution in [0.15, 0.2) is 53.6 Å². The van der Waals surface area contributed by atoms with Gasteiger partial charge in [-0.3, -0.25) is 19.4 Å². The summed E-state index contributed by atoms with van der Waals surface area (Å²) >= 11 is 0. The van der Waals surface area contributed by atoms with Crippen molar-refractivity contribution in [2.75, 3.05) is 26.6 Å². The highest BCUT2D eigenvalue weighted by Gasteiger charge is 2.30. The van der Waals surface area contributed by atoms with E-state index in [1.807, 2.05) is 38.1 Å². The van der Waals surface area contributed by atoms with Gasteiger partial charge in [-0.1, -0.05) is 26.0 Å². The van der Waals surface area contributed by atoms with Crippen LogP contribution in [-0.4, -0.2) is 44.2 Å². The fourth-order valence-electron chi connectivity index (χ4n) is 5.33. The van der Waals surface area contributed by atoms with Crippen LogP contribution < -0.4 is 35.6 Å². The lowest BCUT2D eigenvalue weighted by molar-refractivity contribution is -0.123. The predicted octanol–water partition coefficient (Wildman–Crippen LogP) is 4.01. The van der Waals surface area contributed by atoms with Gasteiger partial charge in [0.1, 0.15) is 6.04 Å². The monoisotopic (exact) mass is 574 g/mol. The lowest BCUT2D eigenvalue weighted by Crippen LogP contribution is -2.43. The molecule has 0 bridgehead atoms. The molecular formula is C32H38N4O6. The number of ether oxygens (including phenoxy) is 3. The van der Waals surface area contributed by atoms with Crippen LogP contribution in [-0.2, 0) is 22.6 Å². The van der Waals surface area contributed by atoms with Crippen molar-refractivity contribution < 1.29 is 23.8 Å². The zero-order chi connectivity index (χ0) is 30.4. The Hall–Kier alpha value is -4.60. The zero-order valence-electron chi connectivity index (χ0n) is 24.9. The van der Waals surface area contributed by atoms with E-state index < -0.39 is 12.1 Å². The Morgan fingerprint density at radius 1 is 1.05 bits per heavy atom. The van der Waals surface area contributed by atoms with Crippen molar-refractivity contribution in [1.82, 2.24) is 15.6 Å². The molecular weight excluding hydrogens is 536 g/mol. The second-order valence-corrected chi connectivity index (χ2v) is 10.5. The number of aryl methyl sites for hydroxylation is 1. The van der Waals surface area contributed by atoms with E-state index in [9.17, 15) is 14.4 Å². The van der Waals surface area contributed by atoms with Crippen LogP contribution in [0.5, 0.6) is 17.2 Å². The molecule has 3 N–H and O–H groups in total. The molecule has 222 valence electrons. The maximum atomic E-state index is 13.7. The maximum Gasteiger partial charge on any atom is 0.243 e. The average Bonchev–Trinajstić information content (AvgIpc) is 3.22. The number of hydrogen-bond donors (Lipinski definition) is 3. The number of carbonyl (C=O) groups excluding carboxylic acids is 2. The number of pyridine rings is 1. The molecule has 1 aliphatic rings. The Bertz CT molecular complexity index is 1510.